The number of hydrogen-bond donors (Lipinski definition) is 1. The van der Waals surface area contributed by atoms with E-state index in [9.17, 15) is 4.39 Å². The molecule has 0 aliphatic rings. The lowest BCUT2D eigenvalue weighted by molar-refractivity contribution is 0.645. The number of aryl methyl sites for hydroxylation is 1. The number of halogens is 1. The third-order valence-corrected chi connectivity index (χ3v) is 2.75. The predicted molar refractivity (Wildman–Crippen MR) is 83.6 cm³/mol. The van der Waals surface area contributed by atoms with Gasteiger partial charge in [0.05, 0.1) is 5.57 Å². The van der Waals surface area contributed by atoms with Crippen LogP contribution in [0.15, 0.2) is 18.0 Å². The zero-order chi connectivity index (χ0) is 15.2. The monoisotopic (exact) mass is 261 g/mol. The molecular formula is C17H24FN. The maximum absolute atomic E-state index is 13.5. The van der Waals surface area contributed by atoms with Crippen LogP contribution >= 0.6 is 0 Å². The Morgan fingerprint density at radius 3 is 2.21 bits per heavy atom. The van der Waals surface area contributed by atoms with Crippen LogP contribution in [0.25, 0.3) is 5.57 Å². The van der Waals surface area contributed by atoms with E-state index < -0.39 is 0 Å². The lowest BCUT2D eigenvalue weighted by Gasteiger charge is -2.17. The Hall–Kier alpha value is -1.75. The topological polar surface area (TPSA) is 26.0 Å². The van der Waals surface area contributed by atoms with Gasteiger partial charge >= 0.3 is 0 Å². The third-order valence-electron chi connectivity index (χ3n) is 2.75. The van der Waals surface area contributed by atoms with Gasteiger partial charge in [0, 0.05) is 5.69 Å². The molecule has 0 atom stereocenters. The summed E-state index contributed by atoms with van der Waals surface area (Å²) in [4.78, 5) is 0. The second kappa shape index (κ2) is 7.63. The number of terminal acetylenes is 1. The second-order valence-corrected chi connectivity index (χ2v) is 4.51. The standard InChI is InChI=1S/C15H18FN.C2H6/c1-6-13(11(5)16)15-10(4)7-12(17)8-14(15)9(2)3;1-2/h1,7-9H,17H2,2-5H3;1-2H3/b13-11+;. The summed E-state index contributed by atoms with van der Waals surface area (Å²) in [5, 5.41) is 0. The molecule has 0 saturated heterocycles. The van der Waals surface area contributed by atoms with Crippen molar-refractivity contribution in [3.8, 4) is 12.3 Å². The van der Waals surface area contributed by atoms with Gasteiger partial charge in [0.1, 0.15) is 5.83 Å². The van der Waals surface area contributed by atoms with E-state index in [4.69, 9.17) is 12.2 Å². The van der Waals surface area contributed by atoms with E-state index in [-0.39, 0.29) is 11.7 Å². The lowest BCUT2D eigenvalue weighted by Crippen LogP contribution is -2.01. The van der Waals surface area contributed by atoms with Crippen molar-refractivity contribution in [3.63, 3.8) is 0 Å². The summed E-state index contributed by atoms with van der Waals surface area (Å²) in [5.41, 5.74) is 9.54. The zero-order valence-corrected chi connectivity index (χ0v) is 12.8. The Balaban J connectivity index is 0.00000154. The SMILES string of the molecule is C#C/C(=C(/C)F)c1c(C)cc(N)cc1C(C)C.CC. The first kappa shape index (κ1) is 17.2. The number of nitrogens with two attached hydrogens (primary N) is 1. The first-order valence-electron chi connectivity index (χ1n) is 6.61. The molecule has 1 rings (SSSR count). The largest absolute Gasteiger partial charge is 0.399 e. The van der Waals surface area contributed by atoms with Crippen LogP contribution in [0.1, 0.15) is 57.2 Å². The van der Waals surface area contributed by atoms with Crippen LogP contribution in [-0.2, 0) is 0 Å². The molecule has 0 heterocycles. The molecule has 2 N–H and O–H groups in total. The first-order chi connectivity index (χ1) is 8.88. The van der Waals surface area contributed by atoms with Crippen molar-refractivity contribution in [1.82, 2.24) is 0 Å². The molecule has 0 aromatic heterocycles. The molecule has 0 saturated carbocycles. The number of allylic oxidation sites excluding steroid dienone is 2. The molecule has 2 heteroatoms. The van der Waals surface area contributed by atoms with Gasteiger partial charge in [-0.1, -0.05) is 33.6 Å². The van der Waals surface area contributed by atoms with E-state index >= 15 is 0 Å². The smallest absolute Gasteiger partial charge is 0.113 e. The zero-order valence-electron chi connectivity index (χ0n) is 12.8. The van der Waals surface area contributed by atoms with Crippen LogP contribution < -0.4 is 5.73 Å². The minimum Gasteiger partial charge on any atom is -0.399 e. The van der Waals surface area contributed by atoms with Crippen LogP contribution in [0.5, 0.6) is 0 Å². The van der Waals surface area contributed by atoms with E-state index in [1.807, 2.05) is 46.8 Å². The number of nitrogen functional groups attached to an aromatic ring is 1. The summed E-state index contributed by atoms with van der Waals surface area (Å²) >= 11 is 0. The quantitative estimate of drug-likeness (QED) is 0.584. The molecule has 104 valence electrons. The maximum atomic E-state index is 13.5. The Labute approximate surface area is 116 Å². The van der Waals surface area contributed by atoms with Crippen molar-refractivity contribution < 1.29 is 4.39 Å². The first-order valence-corrected chi connectivity index (χ1v) is 6.61. The Morgan fingerprint density at radius 2 is 1.84 bits per heavy atom. The number of benzene rings is 1. The Bertz CT molecular complexity index is 501. The molecule has 1 aromatic carbocycles. The van der Waals surface area contributed by atoms with Gasteiger partial charge in [-0.05, 0) is 48.6 Å². The van der Waals surface area contributed by atoms with Crippen molar-refractivity contribution in [2.45, 2.75) is 47.5 Å². The molecule has 1 aromatic rings. The Morgan fingerprint density at radius 1 is 1.32 bits per heavy atom. The van der Waals surface area contributed by atoms with Gasteiger partial charge in [0.25, 0.3) is 0 Å². The minimum absolute atomic E-state index is 0.245. The molecule has 0 spiro atoms. The van der Waals surface area contributed by atoms with Crippen molar-refractivity contribution in [2.24, 2.45) is 0 Å². The fourth-order valence-electron chi connectivity index (χ4n) is 1.98. The van der Waals surface area contributed by atoms with E-state index in [0.29, 0.717) is 11.3 Å². The summed E-state index contributed by atoms with van der Waals surface area (Å²) in [5.74, 6) is 2.35. The van der Waals surface area contributed by atoms with E-state index in [2.05, 4.69) is 5.92 Å². The molecule has 0 bridgehead atoms. The second-order valence-electron chi connectivity index (χ2n) is 4.51. The van der Waals surface area contributed by atoms with Gasteiger partial charge in [-0.25, -0.2) is 4.39 Å². The molecule has 19 heavy (non-hydrogen) atoms. The fourth-order valence-corrected chi connectivity index (χ4v) is 1.98. The summed E-state index contributed by atoms with van der Waals surface area (Å²) < 4.78 is 13.5. The van der Waals surface area contributed by atoms with Gasteiger partial charge in [0.15, 0.2) is 0 Å². The van der Waals surface area contributed by atoms with Gasteiger partial charge < -0.3 is 5.73 Å². The lowest BCUT2D eigenvalue weighted by atomic mass is 9.88. The average molecular weight is 261 g/mol. The van der Waals surface area contributed by atoms with Crippen LogP contribution in [0.2, 0.25) is 0 Å². The molecule has 0 fully saturated rings. The van der Waals surface area contributed by atoms with Gasteiger partial charge in [-0.3, -0.25) is 0 Å². The molecule has 0 aliphatic carbocycles. The number of anilines is 1. The highest BCUT2D eigenvalue weighted by molar-refractivity contribution is 5.84. The highest BCUT2D eigenvalue weighted by Gasteiger charge is 2.15. The normalized spacial score (nSPS) is 11.3. The molecule has 0 amide bonds. The van der Waals surface area contributed by atoms with Gasteiger partial charge in [0.2, 0.25) is 0 Å². The minimum atomic E-state index is -0.331. The summed E-state index contributed by atoms with van der Waals surface area (Å²) in [6.45, 7) is 11.4. The van der Waals surface area contributed by atoms with E-state index in [1.165, 1.54) is 6.92 Å². The van der Waals surface area contributed by atoms with Gasteiger partial charge in [-0.15, -0.1) is 6.42 Å². The molecule has 0 unspecified atom stereocenters. The van der Waals surface area contributed by atoms with Crippen LogP contribution in [0.4, 0.5) is 10.1 Å². The van der Waals surface area contributed by atoms with Crippen molar-refractivity contribution in [2.75, 3.05) is 5.73 Å². The Kier molecular flexibility index (Phi) is 6.93. The summed E-state index contributed by atoms with van der Waals surface area (Å²) in [7, 11) is 0. The summed E-state index contributed by atoms with van der Waals surface area (Å²) in [6, 6.07) is 3.69. The molecular weight excluding hydrogens is 237 g/mol. The van der Waals surface area contributed by atoms with Crippen molar-refractivity contribution >= 4 is 11.3 Å². The predicted octanol–water partition coefficient (Wildman–Crippen LogP) is 5.06. The van der Waals surface area contributed by atoms with Crippen LogP contribution in [-0.4, -0.2) is 0 Å². The maximum Gasteiger partial charge on any atom is 0.113 e. The third kappa shape index (κ3) is 4.13. The molecule has 1 nitrogen and oxygen atoms in total. The van der Waals surface area contributed by atoms with Gasteiger partial charge in [-0.2, -0.15) is 0 Å². The summed E-state index contributed by atoms with van der Waals surface area (Å²) in [6.07, 6.45) is 5.40. The number of rotatable bonds is 2. The molecule has 0 aliphatic heterocycles. The van der Waals surface area contributed by atoms with Crippen LogP contribution in [0.3, 0.4) is 0 Å². The van der Waals surface area contributed by atoms with E-state index in [0.717, 1.165) is 16.7 Å². The molecule has 0 radical (unpaired) electrons. The highest BCUT2D eigenvalue weighted by Crippen LogP contribution is 2.32. The van der Waals surface area contributed by atoms with Crippen molar-refractivity contribution in [3.05, 3.63) is 34.6 Å². The average Bonchev–Trinajstić information content (AvgIpc) is 2.34. The number of hydrogen-bond acceptors (Lipinski definition) is 1. The van der Waals surface area contributed by atoms with Crippen molar-refractivity contribution in [1.29, 1.82) is 0 Å². The van der Waals surface area contributed by atoms with Crippen LogP contribution in [0, 0.1) is 19.3 Å². The van der Waals surface area contributed by atoms with E-state index in [1.54, 1.807) is 0 Å². The fraction of sp³-hybridized carbons (Fsp3) is 0.412. The highest BCUT2D eigenvalue weighted by atomic mass is 19.1.